The van der Waals surface area contributed by atoms with E-state index in [1.165, 1.54) is 18.2 Å². The maximum absolute atomic E-state index is 13.2. The number of para-hydroxylation sites is 1. The van der Waals surface area contributed by atoms with E-state index in [2.05, 4.69) is 20.5 Å². The molecule has 0 unspecified atom stereocenters. The van der Waals surface area contributed by atoms with Crippen molar-refractivity contribution in [2.24, 2.45) is 0 Å². The third-order valence-corrected chi connectivity index (χ3v) is 6.16. The van der Waals surface area contributed by atoms with Gasteiger partial charge in [-0.3, -0.25) is 14.3 Å². The third-order valence-electron chi connectivity index (χ3n) is 4.82. The first-order chi connectivity index (χ1) is 16.2. The van der Waals surface area contributed by atoms with Crippen molar-refractivity contribution in [2.75, 3.05) is 11.1 Å². The number of carbonyl (C=O) groups is 1. The second-order valence-corrected chi connectivity index (χ2v) is 8.54. The summed E-state index contributed by atoms with van der Waals surface area (Å²) in [4.78, 5) is 16.5. The molecule has 0 aliphatic carbocycles. The third kappa shape index (κ3) is 5.23. The SMILES string of the molecule is Cc1ccc(-n2c(SCC(=O)Nc3ccccc3C(F)(F)F)nnc2-c2ccncc2)cc1Cl. The first kappa shape index (κ1) is 23.8. The van der Waals surface area contributed by atoms with Crippen molar-refractivity contribution < 1.29 is 18.0 Å². The Bertz CT molecular complexity index is 1330. The summed E-state index contributed by atoms with van der Waals surface area (Å²) in [6.45, 7) is 1.88. The van der Waals surface area contributed by atoms with Crippen LogP contribution in [0, 0.1) is 6.92 Å². The molecule has 2 aromatic heterocycles. The smallest absolute Gasteiger partial charge is 0.325 e. The zero-order valence-electron chi connectivity index (χ0n) is 17.7. The molecule has 0 saturated carbocycles. The number of rotatable bonds is 6. The summed E-state index contributed by atoms with van der Waals surface area (Å²) in [5.41, 5.74) is 1.10. The van der Waals surface area contributed by atoms with E-state index in [1.807, 2.05) is 19.1 Å². The topological polar surface area (TPSA) is 72.7 Å². The van der Waals surface area contributed by atoms with Gasteiger partial charge in [0.25, 0.3) is 0 Å². The predicted octanol–water partition coefficient (Wildman–Crippen LogP) is 6.04. The molecule has 0 spiro atoms. The highest BCUT2D eigenvalue weighted by Gasteiger charge is 2.33. The van der Waals surface area contributed by atoms with E-state index in [1.54, 1.807) is 35.2 Å². The molecule has 0 aliphatic heterocycles. The lowest BCUT2D eigenvalue weighted by molar-refractivity contribution is -0.137. The first-order valence-electron chi connectivity index (χ1n) is 9.95. The molecule has 0 bridgehead atoms. The van der Waals surface area contributed by atoms with Crippen LogP contribution in [0.25, 0.3) is 17.1 Å². The highest BCUT2D eigenvalue weighted by Crippen LogP contribution is 2.35. The molecule has 34 heavy (non-hydrogen) atoms. The molecule has 11 heteroatoms. The minimum atomic E-state index is -4.58. The Kier molecular flexibility index (Phi) is 6.90. The van der Waals surface area contributed by atoms with Gasteiger partial charge in [0.05, 0.1) is 22.7 Å². The number of aromatic nitrogens is 4. The van der Waals surface area contributed by atoms with Crippen molar-refractivity contribution in [3.63, 3.8) is 0 Å². The number of pyridine rings is 1. The van der Waals surface area contributed by atoms with Crippen LogP contribution in [0.5, 0.6) is 0 Å². The number of amides is 1. The lowest BCUT2D eigenvalue weighted by atomic mass is 10.1. The van der Waals surface area contributed by atoms with Crippen molar-refractivity contribution in [3.8, 4) is 17.1 Å². The average molecular weight is 504 g/mol. The number of nitrogens with zero attached hydrogens (tertiary/aromatic N) is 4. The number of alkyl halides is 3. The number of hydrogen-bond donors (Lipinski definition) is 1. The number of halogens is 4. The van der Waals surface area contributed by atoms with Crippen molar-refractivity contribution >= 4 is 35.0 Å². The number of benzene rings is 2. The van der Waals surface area contributed by atoms with Gasteiger partial charge >= 0.3 is 6.18 Å². The van der Waals surface area contributed by atoms with Crippen molar-refractivity contribution in [1.82, 2.24) is 19.7 Å². The summed E-state index contributed by atoms with van der Waals surface area (Å²) >= 11 is 7.37. The Hall–Kier alpha value is -3.37. The normalized spacial score (nSPS) is 11.4. The lowest BCUT2D eigenvalue weighted by Crippen LogP contribution is -2.18. The predicted molar refractivity (Wildman–Crippen MR) is 125 cm³/mol. The standard InChI is InChI=1S/C23H17ClF3N5OS/c1-14-6-7-16(12-18(14)24)32-21(15-8-10-28-11-9-15)30-31-22(32)34-13-20(33)29-19-5-3-2-4-17(19)23(25,26)27/h2-12H,13H2,1H3,(H,29,33). The van der Waals surface area contributed by atoms with Crippen LogP contribution < -0.4 is 5.32 Å². The van der Waals surface area contributed by atoms with E-state index >= 15 is 0 Å². The quantitative estimate of drug-likeness (QED) is 0.325. The highest BCUT2D eigenvalue weighted by molar-refractivity contribution is 7.99. The Morgan fingerprint density at radius 1 is 1.09 bits per heavy atom. The van der Waals surface area contributed by atoms with E-state index in [9.17, 15) is 18.0 Å². The van der Waals surface area contributed by atoms with Gasteiger partial charge in [0.15, 0.2) is 11.0 Å². The first-order valence-corrected chi connectivity index (χ1v) is 11.3. The molecule has 2 aromatic carbocycles. The molecule has 6 nitrogen and oxygen atoms in total. The zero-order chi connectivity index (χ0) is 24.3. The van der Waals surface area contributed by atoms with E-state index in [-0.39, 0.29) is 11.4 Å². The molecule has 2 heterocycles. The maximum Gasteiger partial charge on any atom is 0.418 e. The van der Waals surface area contributed by atoms with E-state index in [0.29, 0.717) is 21.7 Å². The Morgan fingerprint density at radius 3 is 2.53 bits per heavy atom. The molecule has 0 saturated heterocycles. The molecule has 174 valence electrons. The van der Waals surface area contributed by atoms with Gasteiger partial charge in [-0.15, -0.1) is 10.2 Å². The van der Waals surface area contributed by atoms with E-state index in [0.717, 1.165) is 29.0 Å². The molecule has 0 fully saturated rings. The van der Waals surface area contributed by atoms with Gasteiger partial charge in [0, 0.05) is 23.0 Å². The van der Waals surface area contributed by atoms with Gasteiger partial charge in [-0.25, -0.2) is 0 Å². The monoisotopic (exact) mass is 503 g/mol. The molecular weight excluding hydrogens is 487 g/mol. The number of anilines is 1. The second-order valence-electron chi connectivity index (χ2n) is 7.19. The fourth-order valence-electron chi connectivity index (χ4n) is 3.16. The van der Waals surface area contributed by atoms with Gasteiger partial charge in [-0.2, -0.15) is 13.2 Å². The van der Waals surface area contributed by atoms with Gasteiger partial charge in [0.1, 0.15) is 0 Å². The Labute approximate surface area is 202 Å². The molecule has 4 rings (SSSR count). The van der Waals surface area contributed by atoms with Crippen LogP contribution >= 0.6 is 23.4 Å². The summed E-state index contributed by atoms with van der Waals surface area (Å²) in [7, 11) is 0. The minimum absolute atomic E-state index is 0.180. The van der Waals surface area contributed by atoms with Crippen molar-refractivity contribution in [1.29, 1.82) is 0 Å². The molecule has 4 aromatic rings. The fourth-order valence-corrected chi connectivity index (χ4v) is 4.09. The second kappa shape index (κ2) is 9.86. The van der Waals surface area contributed by atoms with Gasteiger partial charge in [0.2, 0.25) is 5.91 Å². The molecule has 0 radical (unpaired) electrons. The van der Waals surface area contributed by atoms with Crippen LogP contribution in [0.1, 0.15) is 11.1 Å². The van der Waals surface area contributed by atoms with Gasteiger partial charge in [-0.1, -0.05) is 41.6 Å². The van der Waals surface area contributed by atoms with Crippen LogP contribution in [0.2, 0.25) is 5.02 Å². The van der Waals surface area contributed by atoms with E-state index in [4.69, 9.17) is 11.6 Å². The summed E-state index contributed by atoms with van der Waals surface area (Å²) in [5.74, 6) is -0.281. The molecule has 1 amide bonds. The number of hydrogen-bond acceptors (Lipinski definition) is 5. The van der Waals surface area contributed by atoms with Crippen molar-refractivity contribution in [3.05, 3.63) is 83.1 Å². The van der Waals surface area contributed by atoms with Crippen LogP contribution in [0.4, 0.5) is 18.9 Å². The van der Waals surface area contributed by atoms with Crippen molar-refractivity contribution in [2.45, 2.75) is 18.3 Å². The van der Waals surface area contributed by atoms with Gasteiger partial charge < -0.3 is 5.32 Å². The fraction of sp³-hybridized carbons (Fsp3) is 0.130. The minimum Gasteiger partial charge on any atom is -0.325 e. The van der Waals surface area contributed by atoms with E-state index < -0.39 is 17.6 Å². The number of carbonyl (C=O) groups excluding carboxylic acids is 1. The average Bonchev–Trinajstić information content (AvgIpc) is 3.24. The largest absolute Gasteiger partial charge is 0.418 e. The van der Waals surface area contributed by atoms with Crippen LogP contribution in [-0.2, 0) is 11.0 Å². The molecule has 0 aliphatic rings. The zero-order valence-corrected chi connectivity index (χ0v) is 19.2. The maximum atomic E-state index is 13.2. The summed E-state index contributed by atoms with van der Waals surface area (Å²) in [6.07, 6.45) is -1.34. The molecule has 1 N–H and O–H groups in total. The summed E-state index contributed by atoms with van der Waals surface area (Å²) in [5, 5.41) is 11.7. The lowest BCUT2D eigenvalue weighted by Gasteiger charge is -2.14. The highest BCUT2D eigenvalue weighted by atomic mass is 35.5. The Balaban J connectivity index is 1.61. The van der Waals surface area contributed by atoms with Gasteiger partial charge in [-0.05, 0) is 48.9 Å². The molecule has 0 atom stereocenters. The molecular formula is C23H17ClF3N5OS. The van der Waals surface area contributed by atoms with Crippen LogP contribution in [0.3, 0.4) is 0 Å². The van der Waals surface area contributed by atoms with Crippen LogP contribution in [0.15, 0.2) is 72.1 Å². The number of thioether (sulfide) groups is 1. The number of aryl methyl sites for hydroxylation is 1. The summed E-state index contributed by atoms with van der Waals surface area (Å²) < 4.78 is 41.4. The number of nitrogens with one attached hydrogen (secondary N) is 1. The Morgan fingerprint density at radius 2 is 1.82 bits per heavy atom. The van der Waals surface area contributed by atoms with Crippen LogP contribution in [-0.4, -0.2) is 31.4 Å². The summed E-state index contributed by atoms with van der Waals surface area (Å²) in [6, 6.07) is 13.8.